The quantitative estimate of drug-likeness (QED) is 0.579. The summed E-state index contributed by atoms with van der Waals surface area (Å²) in [5.41, 5.74) is 2.11. The maximum Gasteiger partial charge on any atom is 0.232 e. The molecule has 1 aliphatic heterocycles. The Hall–Kier alpha value is -3.42. The van der Waals surface area contributed by atoms with Crippen LogP contribution in [-0.4, -0.2) is 35.8 Å². The summed E-state index contributed by atoms with van der Waals surface area (Å²) >= 11 is 0. The number of halogens is 1. The molecule has 2 heterocycles. The monoisotopic (exact) mass is 425 g/mol. The largest absolute Gasteiger partial charge is 0.493 e. The van der Waals surface area contributed by atoms with E-state index in [1.54, 1.807) is 30.2 Å². The van der Waals surface area contributed by atoms with Crippen molar-refractivity contribution < 1.29 is 23.2 Å². The summed E-state index contributed by atoms with van der Waals surface area (Å²) in [6, 6.07) is 9.84. The summed E-state index contributed by atoms with van der Waals surface area (Å²) in [4.78, 5) is 18.7. The van der Waals surface area contributed by atoms with Crippen LogP contribution in [0.5, 0.6) is 11.5 Å². The van der Waals surface area contributed by atoms with Gasteiger partial charge in [0.2, 0.25) is 17.6 Å². The number of amides is 1. The van der Waals surface area contributed by atoms with Crippen molar-refractivity contribution in [3.63, 3.8) is 0 Å². The van der Waals surface area contributed by atoms with Gasteiger partial charge in [0.1, 0.15) is 5.82 Å². The Morgan fingerprint density at radius 3 is 2.74 bits per heavy atom. The Morgan fingerprint density at radius 1 is 1.19 bits per heavy atom. The minimum absolute atomic E-state index is 0.0149. The van der Waals surface area contributed by atoms with Crippen LogP contribution in [-0.2, 0) is 4.79 Å². The van der Waals surface area contributed by atoms with Crippen molar-refractivity contribution in [3.8, 4) is 22.9 Å². The molecule has 1 unspecified atom stereocenters. The average Bonchev–Trinajstić information content (AvgIpc) is 3.37. The van der Waals surface area contributed by atoms with E-state index in [9.17, 15) is 9.18 Å². The molecule has 3 aromatic rings. The minimum atomic E-state index is -0.379. The maximum atomic E-state index is 13.7. The van der Waals surface area contributed by atoms with Gasteiger partial charge in [0.25, 0.3) is 0 Å². The standard InChI is InChI=1S/C23H24FN3O4/c1-13(2)30-19-8-6-15(9-20(19)29-4)22-25-23(31-26-22)16-10-21(28)27(12-16)18-11-17(24)7-5-14(18)3/h5-9,11,13,16H,10,12H2,1-4H3. The zero-order valence-electron chi connectivity index (χ0n) is 17.9. The van der Waals surface area contributed by atoms with Gasteiger partial charge in [-0.1, -0.05) is 11.2 Å². The highest BCUT2D eigenvalue weighted by Gasteiger charge is 2.36. The molecular formula is C23H24FN3O4. The van der Waals surface area contributed by atoms with Crippen LogP contribution in [0.4, 0.5) is 10.1 Å². The third-order valence-corrected chi connectivity index (χ3v) is 5.16. The van der Waals surface area contributed by atoms with Gasteiger partial charge in [0.05, 0.1) is 19.1 Å². The number of carbonyl (C=O) groups excluding carboxylic acids is 1. The molecule has 1 amide bonds. The molecule has 31 heavy (non-hydrogen) atoms. The highest BCUT2D eigenvalue weighted by molar-refractivity contribution is 5.97. The van der Waals surface area contributed by atoms with Gasteiger partial charge in [0, 0.05) is 24.2 Å². The van der Waals surface area contributed by atoms with Gasteiger partial charge in [0.15, 0.2) is 11.5 Å². The van der Waals surface area contributed by atoms with E-state index >= 15 is 0 Å². The van der Waals surface area contributed by atoms with Crippen LogP contribution in [0.1, 0.15) is 37.6 Å². The number of anilines is 1. The summed E-state index contributed by atoms with van der Waals surface area (Å²) < 4.78 is 30.3. The van der Waals surface area contributed by atoms with Crippen LogP contribution < -0.4 is 14.4 Å². The second kappa shape index (κ2) is 8.37. The molecule has 8 heteroatoms. The number of ether oxygens (including phenoxy) is 2. The number of methoxy groups -OCH3 is 1. The van der Waals surface area contributed by atoms with E-state index in [1.807, 2.05) is 26.8 Å². The topological polar surface area (TPSA) is 77.7 Å². The molecule has 4 rings (SSSR count). The van der Waals surface area contributed by atoms with E-state index in [4.69, 9.17) is 14.0 Å². The summed E-state index contributed by atoms with van der Waals surface area (Å²) in [5, 5.41) is 4.08. The van der Waals surface area contributed by atoms with Crippen LogP contribution in [0.15, 0.2) is 40.9 Å². The summed E-state index contributed by atoms with van der Waals surface area (Å²) in [6.45, 7) is 6.09. The highest BCUT2D eigenvalue weighted by atomic mass is 19.1. The molecular weight excluding hydrogens is 401 g/mol. The van der Waals surface area contributed by atoms with Gasteiger partial charge in [-0.25, -0.2) is 4.39 Å². The zero-order chi connectivity index (χ0) is 22.1. The number of aromatic nitrogens is 2. The molecule has 1 fully saturated rings. The first-order valence-corrected chi connectivity index (χ1v) is 10.1. The molecule has 0 saturated carbocycles. The van der Waals surface area contributed by atoms with Gasteiger partial charge < -0.3 is 18.9 Å². The Bertz CT molecular complexity index is 1110. The number of aryl methyl sites for hydroxylation is 1. The number of carbonyl (C=O) groups is 1. The second-order valence-electron chi connectivity index (χ2n) is 7.82. The van der Waals surface area contributed by atoms with Crippen molar-refractivity contribution in [2.75, 3.05) is 18.6 Å². The van der Waals surface area contributed by atoms with E-state index in [1.165, 1.54) is 12.1 Å². The van der Waals surface area contributed by atoms with Crippen LogP contribution in [0.2, 0.25) is 0 Å². The van der Waals surface area contributed by atoms with E-state index in [-0.39, 0.29) is 30.2 Å². The first-order valence-electron chi connectivity index (χ1n) is 10.1. The number of hydrogen-bond donors (Lipinski definition) is 0. The highest BCUT2D eigenvalue weighted by Crippen LogP contribution is 2.35. The molecule has 0 N–H and O–H groups in total. The van der Waals surface area contributed by atoms with Crippen molar-refractivity contribution in [2.24, 2.45) is 0 Å². The molecule has 0 bridgehead atoms. The van der Waals surface area contributed by atoms with Gasteiger partial charge in [-0.15, -0.1) is 0 Å². The van der Waals surface area contributed by atoms with Crippen molar-refractivity contribution in [1.29, 1.82) is 0 Å². The van der Waals surface area contributed by atoms with Gasteiger partial charge in [-0.05, 0) is 56.7 Å². The van der Waals surface area contributed by atoms with Crippen molar-refractivity contribution in [1.82, 2.24) is 10.1 Å². The van der Waals surface area contributed by atoms with Gasteiger partial charge >= 0.3 is 0 Å². The van der Waals surface area contributed by atoms with Gasteiger partial charge in [-0.2, -0.15) is 4.98 Å². The smallest absolute Gasteiger partial charge is 0.232 e. The molecule has 7 nitrogen and oxygen atoms in total. The predicted octanol–water partition coefficient (Wildman–Crippen LogP) is 4.50. The van der Waals surface area contributed by atoms with Crippen LogP contribution in [0, 0.1) is 12.7 Å². The lowest BCUT2D eigenvalue weighted by atomic mass is 10.1. The molecule has 1 saturated heterocycles. The SMILES string of the molecule is COc1cc(-c2noc(C3CC(=O)N(c4cc(F)ccc4C)C3)n2)ccc1OC(C)C. The first kappa shape index (κ1) is 20.8. The molecule has 0 aliphatic carbocycles. The molecule has 1 aromatic heterocycles. The second-order valence-corrected chi connectivity index (χ2v) is 7.82. The fourth-order valence-corrected chi connectivity index (χ4v) is 3.66. The molecule has 2 aromatic carbocycles. The molecule has 0 radical (unpaired) electrons. The fraction of sp³-hybridized carbons (Fsp3) is 0.348. The molecule has 162 valence electrons. The number of hydrogen-bond acceptors (Lipinski definition) is 6. The number of nitrogens with zero attached hydrogens (tertiary/aromatic N) is 3. The minimum Gasteiger partial charge on any atom is -0.493 e. The first-order chi connectivity index (χ1) is 14.9. The Morgan fingerprint density at radius 2 is 2.00 bits per heavy atom. The maximum absolute atomic E-state index is 13.7. The van der Waals surface area contributed by atoms with E-state index < -0.39 is 0 Å². The lowest BCUT2D eigenvalue weighted by Crippen LogP contribution is -2.25. The summed E-state index contributed by atoms with van der Waals surface area (Å²) in [5.74, 6) is 1.24. The third-order valence-electron chi connectivity index (χ3n) is 5.16. The van der Waals surface area contributed by atoms with Crippen molar-refractivity contribution >= 4 is 11.6 Å². The van der Waals surface area contributed by atoms with Crippen molar-refractivity contribution in [2.45, 2.75) is 39.2 Å². The Balaban J connectivity index is 1.55. The fourth-order valence-electron chi connectivity index (χ4n) is 3.66. The van der Waals surface area contributed by atoms with E-state index in [0.29, 0.717) is 41.0 Å². The van der Waals surface area contributed by atoms with E-state index in [0.717, 1.165) is 5.56 Å². The van der Waals surface area contributed by atoms with Crippen LogP contribution >= 0.6 is 0 Å². The van der Waals surface area contributed by atoms with Crippen molar-refractivity contribution in [3.05, 3.63) is 53.7 Å². The summed E-state index contributed by atoms with van der Waals surface area (Å²) in [7, 11) is 1.57. The number of benzene rings is 2. The molecule has 1 atom stereocenters. The lowest BCUT2D eigenvalue weighted by Gasteiger charge is -2.18. The normalized spacial score (nSPS) is 16.3. The van der Waals surface area contributed by atoms with Crippen LogP contribution in [0.3, 0.4) is 0 Å². The molecule has 0 spiro atoms. The van der Waals surface area contributed by atoms with Crippen LogP contribution in [0.25, 0.3) is 11.4 Å². The number of rotatable bonds is 6. The zero-order valence-corrected chi connectivity index (χ0v) is 17.9. The Kier molecular flexibility index (Phi) is 5.63. The lowest BCUT2D eigenvalue weighted by molar-refractivity contribution is -0.117. The summed E-state index contributed by atoms with van der Waals surface area (Å²) in [6.07, 6.45) is 0.239. The van der Waals surface area contributed by atoms with Gasteiger partial charge in [-0.3, -0.25) is 4.79 Å². The predicted molar refractivity (Wildman–Crippen MR) is 113 cm³/mol. The average molecular weight is 425 g/mol. The van der Waals surface area contributed by atoms with E-state index in [2.05, 4.69) is 10.1 Å². The molecule has 1 aliphatic rings. The third kappa shape index (κ3) is 4.23. The Labute approximate surface area is 179 Å².